The maximum Gasteiger partial charge on any atom is 0.226 e. The minimum absolute atomic E-state index is 0.214. The highest BCUT2D eigenvalue weighted by Gasteiger charge is 2.15. The Bertz CT molecular complexity index is 529. The molecule has 30 heavy (non-hydrogen) atoms. The van der Waals surface area contributed by atoms with Crippen molar-refractivity contribution in [1.82, 2.24) is 9.80 Å². The smallest absolute Gasteiger partial charge is 0.226 e. The summed E-state index contributed by atoms with van der Waals surface area (Å²) in [5, 5.41) is 0. The normalized spacial score (nSPS) is 10.8. The summed E-state index contributed by atoms with van der Waals surface area (Å²) in [6.07, 6.45) is 9.54. The van der Waals surface area contributed by atoms with Crippen LogP contribution in [-0.2, 0) is 22.4 Å². The topological polar surface area (TPSA) is 40.6 Å². The van der Waals surface area contributed by atoms with E-state index in [1.54, 1.807) is 0 Å². The number of unbranched alkanes of at least 4 members (excludes halogenated alkanes) is 4. The predicted octanol–water partition coefficient (Wildman–Crippen LogP) is 5.63. The van der Waals surface area contributed by atoms with Gasteiger partial charge in [0.2, 0.25) is 11.8 Å². The number of rotatable bonds is 16. The Morgan fingerprint density at radius 3 is 1.07 bits per heavy atom. The van der Waals surface area contributed by atoms with E-state index in [0.29, 0.717) is 12.8 Å². The molecule has 4 heteroatoms. The van der Waals surface area contributed by atoms with Crippen LogP contribution >= 0.6 is 0 Å². The molecule has 1 aromatic rings. The summed E-state index contributed by atoms with van der Waals surface area (Å²) in [5.41, 5.74) is 2.06. The van der Waals surface area contributed by atoms with Gasteiger partial charge in [-0.15, -0.1) is 0 Å². The van der Waals surface area contributed by atoms with Crippen LogP contribution in [0.1, 0.15) is 90.2 Å². The van der Waals surface area contributed by atoms with Crippen molar-refractivity contribution in [2.75, 3.05) is 26.2 Å². The fraction of sp³-hybridized carbons (Fsp3) is 0.692. The molecule has 0 radical (unpaired) electrons. The highest BCUT2D eigenvalue weighted by Crippen LogP contribution is 2.11. The van der Waals surface area contributed by atoms with Crippen LogP contribution in [-0.4, -0.2) is 47.8 Å². The van der Waals surface area contributed by atoms with Crippen molar-refractivity contribution in [2.24, 2.45) is 0 Å². The predicted molar refractivity (Wildman–Crippen MR) is 127 cm³/mol. The molecule has 0 heterocycles. The maximum absolute atomic E-state index is 12.7. The van der Waals surface area contributed by atoms with Gasteiger partial charge >= 0.3 is 0 Å². The second kappa shape index (κ2) is 15.9. The summed E-state index contributed by atoms with van der Waals surface area (Å²) in [7, 11) is 0. The third-order valence-electron chi connectivity index (χ3n) is 5.57. The van der Waals surface area contributed by atoms with E-state index in [4.69, 9.17) is 0 Å². The maximum atomic E-state index is 12.7. The van der Waals surface area contributed by atoms with Crippen LogP contribution in [0.25, 0.3) is 0 Å². The largest absolute Gasteiger partial charge is 0.342 e. The van der Waals surface area contributed by atoms with Gasteiger partial charge in [-0.05, 0) is 36.8 Å². The Balaban J connectivity index is 2.65. The average Bonchev–Trinajstić information content (AvgIpc) is 2.75. The number of carbonyl (C=O) groups excluding carboxylic acids is 2. The summed E-state index contributed by atoms with van der Waals surface area (Å²) in [6.45, 7) is 12.1. The van der Waals surface area contributed by atoms with Gasteiger partial charge in [0.1, 0.15) is 0 Å². The Labute approximate surface area is 185 Å². The van der Waals surface area contributed by atoms with E-state index in [0.717, 1.165) is 88.7 Å². The first-order chi connectivity index (χ1) is 14.5. The Hall–Kier alpha value is -1.84. The molecular formula is C26H44N2O2. The Morgan fingerprint density at radius 2 is 0.833 bits per heavy atom. The lowest BCUT2D eigenvalue weighted by molar-refractivity contribution is -0.131. The fourth-order valence-corrected chi connectivity index (χ4v) is 3.47. The molecule has 0 N–H and O–H groups in total. The van der Waals surface area contributed by atoms with Gasteiger partial charge in [0, 0.05) is 26.2 Å². The van der Waals surface area contributed by atoms with E-state index < -0.39 is 0 Å². The quantitative estimate of drug-likeness (QED) is 0.350. The lowest BCUT2D eigenvalue weighted by Gasteiger charge is -2.23. The van der Waals surface area contributed by atoms with Crippen molar-refractivity contribution in [2.45, 2.75) is 91.9 Å². The zero-order chi connectivity index (χ0) is 22.2. The lowest BCUT2D eigenvalue weighted by atomic mass is 10.1. The fourth-order valence-electron chi connectivity index (χ4n) is 3.47. The van der Waals surface area contributed by atoms with Gasteiger partial charge in [-0.25, -0.2) is 0 Å². The Morgan fingerprint density at radius 1 is 0.567 bits per heavy atom. The van der Waals surface area contributed by atoms with Crippen LogP contribution in [0.5, 0.6) is 0 Å². The van der Waals surface area contributed by atoms with Crippen molar-refractivity contribution in [1.29, 1.82) is 0 Å². The summed E-state index contributed by atoms with van der Waals surface area (Å²) < 4.78 is 0. The highest BCUT2D eigenvalue weighted by atomic mass is 16.2. The Kier molecular flexibility index (Phi) is 13.9. The molecule has 0 spiro atoms. The van der Waals surface area contributed by atoms with E-state index in [-0.39, 0.29) is 11.8 Å². The molecule has 2 amide bonds. The second-order valence-electron chi connectivity index (χ2n) is 8.35. The van der Waals surface area contributed by atoms with Gasteiger partial charge in [-0.2, -0.15) is 0 Å². The molecule has 4 nitrogen and oxygen atoms in total. The summed E-state index contributed by atoms with van der Waals surface area (Å²) in [4.78, 5) is 29.5. The molecule has 0 fully saturated rings. The molecule has 0 aliphatic heterocycles. The molecule has 1 rings (SSSR count). The number of hydrogen-bond donors (Lipinski definition) is 0. The molecule has 170 valence electrons. The minimum Gasteiger partial charge on any atom is -0.342 e. The van der Waals surface area contributed by atoms with Gasteiger partial charge in [0.15, 0.2) is 0 Å². The van der Waals surface area contributed by atoms with Crippen LogP contribution in [0.3, 0.4) is 0 Å². The van der Waals surface area contributed by atoms with Crippen LogP contribution in [0.15, 0.2) is 24.3 Å². The zero-order valence-corrected chi connectivity index (χ0v) is 19.9. The number of benzene rings is 1. The average molecular weight is 417 g/mol. The van der Waals surface area contributed by atoms with Crippen LogP contribution in [0.2, 0.25) is 0 Å². The number of nitrogens with zero attached hydrogens (tertiary/aromatic N) is 2. The molecule has 0 saturated carbocycles. The van der Waals surface area contributed by atoms with E-state index >= 15 is 0 Å². The first-order valence-electron chi connectivity index (χ1n) is 12.2. The molecular weight excluding hydrogens is 372 g/mol. The number of amides is 2. The second-order valence-corrected chi connectivity index (χ2v) is 8.35. The van der Waals surface area contributed by atoms with Crippen LogP contribution in [0, 0.1) is 0 Å². The summed E-state index contributed by atoms with van der Waals surface area (Å²) >= 11 is 0. The van der Waals surface area contributed by atoms with E-state index in [1.807, 2.05) is 34.1 Å². The molecule has 0 atom stereocenters. The van der Waals surface area contributed by atoms with Gasteiger partial charge in [-0.1, -0.05) is 77.6 Å². The lowest BCUT2D eigenvalue weighted by Crippen LogP contribution is -2.34. The third-order valence-corrected chi connectivity index (χ3v) is 5.57. The van der Waals surface area contributed by atoms with Crippen molar-refractivity contribution in [3.05, 3.63) is 35.4 Å². The number of hydrogen-bond acceptors (Lipinski definition) is 2. The molecule has 1 aromatic carbocycles. The van der Waals surface area contributed by atoms with E-state index in [9.17, 15) is 9.59 Å². The first-order valence-corrected chi connectivity index (χ1v) is 12.2. The van der Waals surface area contributed by atoms with Gasteiger partial charge in [0.25, 0.3) is 0 Å². The van der Waals surface area contributed by atoms with Crippen molar-refractivity contribution >= 4 is 11.8 Å². The monoisotopic (exact) mass is 416 g/mol. The minimum atomic E-state index is 0.214. The molecule has 0 aromatic heterocycles. The summed E-state index contributed by atoms with van der Waals surface area (Å²) in [6, 6.07) is 8.06. The van der Waals surface area contributed by atoms with Crippen LogP contribution < -0.4 is 0 Å². The van der Waals surface area contributed by atoms with Crippen molar-refractivity contribution in [3.8, 4) is 0 Å². The highest BCUT2D eigenvalue weighted by molar-refractivity contribution is 5.80. The zero-order valence-electron chi connectivity index (χ0n) is 19.9. The van der Waals surface area contributed by atoms with E-state index in [1.165, 1.54) is 0 Å². The van der Waals surface area contributed by atoms with Gasteiger partial charge in [0.05, 0.1) is 12.8 Å². The molecule has 0 aliphatic carbocycles. The first kappa shape index (κ1) is 26.2. The van der Waals surface area contributed by atoms with Gasteiger partial charge in [-0.3, -0.25) is 9.59 Å². The van der Waals surface area contributed by atoms with Crippen molar-refractivity contribution in [3.63, 3.8) is 0 Å². The number of carbonyl (C=O) groups is 2. The molecule has 0 bridgehead atoms. The SMILES string of the molecule is CCCCN(CCCC)C(=O)Cc1ccc(CC(=O)N(CCCC)CCCC)cc1. The summed E-state index contributed by atoms with van der Waals surface area (Å²) in [5.74, 6) is 0.428. The molecule has 0 aliphatic rings. The van der Waals surface area contributed by atoms with Crippen LogP contribution in [0.4, 0.5) is 0 Å². The third kappa shape index (κ3) is 10.3. The standard InChI is InChI=1S/C26H44N2O2/c1-5-9-17-27(18-10-6-2)25(29)21-23-13-15-24(16-14-23)22-26(30)28(19-11-7-3)20-12-8-4/h13-16H,5-12,17-22H2,1-4H3. The van der Waals surface area contributed by atoms with Gasteiger partial charge < -0.3 is 9.80 Å². The van der Waals surface area contributed by atoms with E-state index in [2.05, 4.69) is 27.7 Å². The molecule has 0 unspecified atom stereocenters. The van der Waals surface area contributed by atoms with Crippen molar-refractivity contribution < 1.29 is 9.59 Å². The molecule has 0 saturated heterocycles.